The highest BCUT2D eigenvalue weighted by Crippen LogP contribution is 2.19. The van der Waals surface area contributed by atoms with Gasteiger partial charge in [-0.1, -0.05) is 58.4 Å². The Balaban J connectivity index is 1.48. The second kappa shape index (κ2) is 9.00. The van der Waals surface area contributed by atoms with E-state index in [-0.39, 0.29) is 6.61 Å². The van der Waals surface area contributed by atoms with E-state index in [0.717, 1.165) is 15.6 Å². The highest BCUT2D eigenvalue weighted by molar-refractivity contribution is 9.10. The standard InChI is InChI=1S/C21H17BrN2O3/c22-18-10-12-19(13-11-18)27-14-20(25)23-24-21(26)17-8-6-16(7-9-17)15-4-2-1-3-5-15/h1-13H,14H2,(H,23,25)(H,24,26). The first kappa shape index (κ1) is 18.7. The summed E-state index contributed by atoms with van der Waals surface area (Å²) in [6, 6.07) is 24.1. The van der Waals surface area contributed by atoms with E-state index in [1.54, 1.807) is 24.3 Å². The molecule has 0 fully saturated rings. The van der Waals surface area contributed by atoms with Crippen molar-refractivity contribution in [2.75, 3.05) is 6.61 Å². The number of amides is 2. The second-order valence-corrected chi connectivity index (χ2v) is 6.60. The van der Waals surface area contributed by atoms with E-state index in [0.29, 0.717) is 11.3 Å². The summed E-state index contributed by atoms with van der Waals surface area (Å²) in [5.41, 5.74) is 7.25. The van der Waals surface area contributed by atoms with Gasteiger partial charge in [0, 0.05) is 10.0 Å². The lowest BCUT2D eigenvalue weighted by molar-refractivity contribution is -0.123. The summed E-state index contributed by atoms with van der Waals surface area (Å²) in [6.45, 7) is -0.200. The van der Waals surface area contributed by atoms with E-state index < -0.39 is 11.8 Å². The van der Waals surface area contributed by atoms with Gasteiger partial charge in [0.1, 0.15) is 5.75 Å². The van der Waals surface area contributed by atoms with Crippen molar-refractivity contribution in [3.05, 3.63) is 88.9 Å². The summed E-state index contributed by atoms with van der Waals surface area (Å²) < 4.78 is 6.26. The molecule has 0 saturated carbocycles. The lowest BCUT2D eigenvalue weighted by Gasteiger charge is -2.09. The number of hydrogen-bond donors (Lipinski definition) is 2. The van der Waals surface area contributed by atoms with Gasteiger partial charge >= 0.3 is 0 Å². The third-order valence-electron chi connectivity index (χ3n) is 3.75. The molecule has 3 aromatic carbocycles. The number of rotatable bonds is 5. The predicted molar refractivity (Wildman–Crippen MR) is 107 cm³/mol. The number of hydrazine groups is 1. The van der Waals surface area contributed by atoms with Crippen molar-refractivity contribution in [3.63, 3.8) is 0 Å². The Kier molecular flexibility index (Phi) is 6.22. The molecule has 2 N–H and O–H groups in total. The van der Waals surface area contributed by atoms with Crippen LogP contribution in [0.2, 0.25) is 0 Å². The largest absolute Gasteiger partial charge is 0.484 e. The fraction of sp³-hybridized carbons (Fsp3) is 0.0476. The summed E-state index contributed by atoms with van der Waals surface area (Å²) in [7, 11) is 0. The third kappa shape index (κ3) is 5.43. The van der Waals surface area contributed by atoms with Gasteiger partial charge in [-0.25, -0.2) is 0 Å². The Bertz CT molecular complexity index is 910. The van der Waals surface area contributed by atoms with Crippen molar-refractivity contribution in [2.24, 2.45) is 0 Å². The maximum Gasteiger partial charge on any atom is 0.276 e. The Morgan fingerprint density at radius 3 is 2.07 bits per heavy atom. The molecule has 0 aliphatic heterocycles. The number of benzene rings is 3. The number of hydrogen-bond acceptors (Lipinski definition) is 3. The van der Waals surface area contributed by atoms with Gasteiger partial charge in [-0.2, -0.15) is 0 Å². The fourth-order valence-electron chi connectivity index (χ4n) is 2.36. The topological polar surface area (TPSA) is 67.4 Å². The second-order valence-electron chi connectivity index (χ2n) is 5.69. The summed E-state index contributed by atoms with van der Waals surface area (Å²) in [6.07, 6.45) is 0. The molecular formula is C21H17BrN2O3. The van der Waals surface area contributed by atoms with Crippen LogP contribution in [0.5, 0.6) is 5.75 Å². The van der Waals surface area contributed by atoms with Crippen LogP contribution >= 0.6 is 15.9 Å². The number of carbonyl (C=O) groups is 2. The van der Waals surface area contributed by atoms with E-state index in [1.807, 2.05) is 54.6 Å². The fourth-order valence-corrected chi connectivity index (χ4v) is 2.62. The van der Waals surface area contributed by atoms with Crippen molar-refractivity contribution >= 4 is 27.7 Å². The van der Waals surface area contributed by atoms with Crippen LogP contribution in [-0.4, -0.2) is 18.4 Å². The summed E-state index contributed by atoms with van der Waals surface area (Å²) in [4.78, 5) is 23.9. The summed E-state index contributed by atoms with van der Waals surface area (Å²) >= 11 is 3.32. The summed E-state index contributed by atoms with van der Waals surface area (Å²) in [5, 5.41) is 0. The van der Waals surface area contributed by atoms with Gasteiger partial charge in [-0.3, -0.25) is 20.4 Å². The molecule has 0 saturated heterocycles. The first-order valence-electron chi connectivity index (χ1n) is 8.25. The van der Waals surface area contributed by atoms with Crippen molar-refractivity contribution in [3.8, 4) is 16.9 Å². The first-order valence-corrected chi connectivity index (χ1v) is 9.04. The quantitative estimate of drug-likeness (QED) is 0.609. The van der Waals surface area contributed by atoms with Gasteiger partial charge in [0.25, 0.3) is 11.8 Å². The van der Waals surface area contributed by atoms with E-state index in [4.69, 9.17) is 4.74 Å². The Morgan fingerprint density at radius 1 is 0.778 bits per heavy atom. The van der Waals surface area contributed by atoms with Gasteiger partial charge in [0.15, 0.2) is 6.61 Å². The van der Waals surface area contributed by atoms with Crippen LogP contribution in [0.15, 0.2) is 83.3 Å². The van der Waals surface area contributed by atoms with Crippen LogP contribution in [-0.2, 0) is 4.79 Å². The van der Waals surface area contributed by atoms with Crippen molar-refractivity contribution in [1.29, 1.82) is 0 Å². The van der Waals surface area contributed by atoms with Crippen LogP contribution in [0.25, 0.3) is 11.1 Å². The molecule has 6 heteroatoms. The molecule has 3 rings (SSSR count). The lowest BCUT2D eigenvalue weighted by atomic mass is 10.0. The molecule has 0 bridgehead atoms. The maximum atomic E-state index is 12.1. The number of halogens is 1. The van der Waals surface area contributed by atoms with Crippen LogP contribution < -0.4 is 15.6 Å². The molecule has 0 aliphatic rings. The summed E-state index contributed by atoms with van der Waals surface area (Å²) in [5.74, 6) is -0.282. The minimum Gasteiger partial charge on any atom is -0.484 e. The molecule has 0 atom stereocenters. The van der Waals surface area contributed by atoms with Crippen LogP contribution in [0, 0.1) is 0 Å². The van der Waals surface area contributed by atoms with Crippen molar-refractivity contribution < 1.29 is 14.3 Å². The number of nitrogens with one attached hydrogen (secondary N) is 2. The highest BCUT2D eigenvalue weighted by atomic mass is 79.9. The molecule has 0 radical (unpaired) electrons. The Morgan fingerprint density at radius 2 is 1.41 bits per heavy atom. The highest BCUT2D eigenvalue weighted by Gasteiger charge is 2.08. The zero-order valence-corrected chi connectivity index (χ0v) is 15.9. The Labute approximate surface area is 165 Å². The van der Waals surface area contributed by atoms with Crippen LogP contribution in [0.4, 0.5) is 0 Å². The average Bonchev–Trinajstić information content (AvgIpc) is 2.72. The molecule has 3 aromatic rings. The molecule has 0 unspecified atom stereocenters. The van der Waals surface area contributed by atoms with Gasteiger partial charge in [0.05, 0.1) is 0 Å². The first-order chi connectivity index (χ1) is 13.1. The van der Waals surface area contributed by atoms with Crippen molar-refractivity contribution in [2.45, 2.75) is 0 Å². The van der Waals surface area contributed by atoms with E-state index >= 15 is 0 Å². The molecule has 0 aliphatic carbocycles. The van der Waals surface area contributed by atoms with Gasteiger partial charge in [0.2, 0.25) is 0 Å². The Hall–Kier alpha value is -3.12. The SMILES string of the molecule is O=C(COc1ccc(Br)cc1)NNC(=O)c1ccc(-c2ccccc2)cc1. The third-order valence-corrected chi connectivity index (χ3v) is 4.28. The van der Waals surface area contributed by atoms with Gasteiger partial charge in [-0.05, 0) is 47.5 Å². The van der Waals surface area contributed by atoms with Crippen LogP contribution in [0.1, 0.15) is 10.4 Å². The van der Waals surface area contributed by atoms with Crippen molar-refractivity contribution in [1.82, 2.24) is 10.9 Å². The molecule has 0 aromatic heterocycles. The molecule has 0 spiro atoms. The predicted octanol–water partition coefficient (Wildman–Crippen LogP) is 3.96. The van der Waals surface area contributed by atoms with E-state index in [9.17, 15) is 9.59 Å². The smallest absolute Gasteiger partial charge is 0.276 e. The zero-order chi connectivity index (χ0) is 19.1. The minimum absolute atomic E-state index is 0.200. The molecule has 27 heavy (non-hydrogen) atoms. The number of carbonyl (C=O) groups excluding carboxylic acids is 2. The molecule has 5 nitrogen and oxygen atoms in total. The molecule has 2 amide bonds. The zero-order valence-electron chi connectivity index (χ0n) is 14.3. The number of ether oxygens (including phenoxy) is 1. The monoisotopic (exact) mass is 424 g/mol. The minimum atomic E-state index is -0.452. The van der Waals surface area contributed by atoms with E-state index in [2.05, 4.69) is 26.8 Å². The van der Waals surface area contributed by atoms with Crippen LogP contribution in [0.3, 0.4) is 0 Å². The van der Waals surface area contributed by atoms with Gasteiger partial charge in [-0.15, -0.1) is 0 Å². The van der Waals surface area contributed by atoms with E-state index in [1.165, 1.54) is 0 Å². The molecule has 0 heterocycles. The molecule has 136 valence electrons. The average molecular weight is 425 g/mol. The van der Waals surface area contributed by atoms with Gasteiger partial charge < -0.3 is 4.74 Å². The lowest BCUT2D eigenvalue weighted by Crippen LogP contribution is -2.43. The molecular weight excluding hydrogens is 408 g/mol. The maximum absolute atomic E-state index is 12.1. The normalized spacial score (nSPS) is 10.1.